The predicted molar refractivity (Wildman–Crippen MR) is 126 cm³/mol. The lowest BCUT2D eigenvalue weighted by Crippen LogP contribution is -2.44. The van der Waals surface area contributed by atoms with Crippen LogP contribution in [-0.4, -0.2) is 43.8 Å². The van der Waals surface area contributed by atoms with Gasteiger partial charge in [-0.15, -0.1) is 0 Å². The molecule has 180 valence electrons. The van der Waals surface area contributed by atoms with E-state index in [0.29, 0.717) is 12.8 Å². The van der Waals surface area contributed by atoms with Gasteiger partial charge in [0, 0.05) is 5.92 Å². The number of fused-ring (bicyclic) bond motifs is 3. The van der Waals surface area contributed by atoms with Crippen LogP contribution in [-0.2, 0) is 14.3 Å². The Morgan fingerprint density at radius 3 is 1.85 bits per heavy atom. The van der Waals surface area contributed by atoms with Crippen molar-refractivity contribution in [1.82, 2.24) is 5.32 Å². The summed E-state index contributed by atoms with van der Waals surface area (Å²) in [5, 5.41) is 2.50. The molecule has 1 aliphatic rings. The highest BCUT2D eigenvalue weighted by molar-refractivity contribution is 5.84. The Morgan fingerprint density at radius 2 is 1.48 bits per heavy atom. The van der Waals surface area contributed by atoms with E-state index in [9.17, 15) is 18.8 Å². The molecule has 0 bridgehead atoms. The summed E-state index contributed by atoms with van der Waals surface area (Å²) in [4.78, 5) is 33.2. The van der Waals surface area contributed by atoms with Gasteiger partial charge in [0.2, 0.25) is 11.8 Å². The average molecular weight is 462 g/mol. The molecule has 7 N–H and O–H groups in total. The minimum atomic E-state index is -1.00. The van der Waals surface area contributed by atoms with E-state index in [1.807, 2.05) is 31.2 Å². The number of primary amides is 2. The molecule has 0 saturated heterocycles. The fraction of sp³-hybridized carbons (Fsp3) is 0.375. The second-order valence-electron chi connectivity index (χ2n) is 7.25. The van der Waals surface area contributed by atoms with Gasteiger partial charge in [-0.25, -0.2) is 4.79 Å². The molecular formula is C24H33FN4O4. The Hall–Kier alpha value is -3.46. The summed E-state index contributed by atoms with van der Waals surface area (Å²) in [6, 6.07) is 15.1. The molecule has 2 atom stereocenters. The van der Waals surface area contributed by atoms with E-state index in [2.05, 4.69) is 29.6 Å². The summed E-state index contributed by atoms with van der Waals surface area (Å²) < 4.78 is 20.9. The summed E-state index contributed by atoms with van der Waals surface area (Å²) >= 11 is 0. The van der Waals surface area contributed by atoms with E-state index in [0.717, 1.165) is 11.1 Å². The Balaban J connectivity index is 0.000000491. The van der Waals surface area contributed by atoms with E-state index in [-0.39, 0.29) is 12.5 Å². The third kappa shape index (κ3) is 7.57. The molecule has 0 spiro atoms. The fourth-order valence-electron chi connectivity index (χ4n) is 3.36. The number of nitrogens with one attached hydrogen (secondary N) is 1. The first-order valence-electron chi connectivity index (χ1n) is 11.2. The van der Waals surface area contributed by atoms with Crippen LogP contribution >= 0.6 is 0 Å². The molecule has 0 heterocycles. The largest absolute Gasteiger partial charge is 0.449 e. The van der Waals surface area contributed by atoms with Crippen LogP contribution in [0.2, 0.25) is 0 Å². The molecule has 8 nitrogen and oxygen atoms in total. The average Bonchev–Trinajstić information content (AvgIpc) is 3.15. The summed E-state index contributed by atoms with van der Waals surface area (Å²) in [5.41, 5.74) is 19.8. The number of hydrogen-bond donors (Lipinski definition) is 4. The van der Waals surface area contributed by atoms with Crippen LogP contribution in [0.1, 0.15) is 45.1 Å². The van der Waals surface area contributed by atoms with Crippen LogP contribution in [0, 0.1) is 0 Å². The van der Waals surface area contributed by atoms with Crippen molar-refractivity contribution in [2.24, 2.45) is 17.2 Å². The van der Waals surface area contributed by atoms with Gasteiger partial charge in [-0.1, -0.05) is 62.4 Å². The zero-order chi connectivity index (χ0) is 25.7. The van der Waals surface area contributed by atoms with Gasteiger partial charge in [0.15, 0.2) is 0 Å². The van der Waals surface area contributed by atoms with Crippen molar-refractivity contribution in [2.75, 3.05) is 13.8 Å². The lowest BCUT2D eigenvalue weighted by atomic mass is 9.98. The van der Waals surface area contributed by atoms with Crippen LogP contribution in [0.5, 0.6) is 0 Å². The highest BCUT2D eigenvalue weighted by Crippen LogP contribution is 2.44. The lowest BCUT2D eigenvalue weighted by molar-refractivity contribution is -0.120. The maximum absolute atomic E-state index is 12.0. The zero-order valence-electron chi connectivity index (χ0n) is 19.9. The van der Waals surface area contributed by atoms with E-state index in [4.69, 9.17) is 23.3 Å². The number of alkyl halides is 1. The van der Waals surface area contributed by atoms with E-state index >= 15 is 0 Å². The number of ether oxygens (including phenoxy) is 1. The number of halogens is 1. The number of benzene rings is 2. The number of carbonyl (C=O) groups is 3. The molecule has 0 unspecified atom stereocenters. The van der Waals surface area contributed by atoms with Crippen molar-refractivity contribution < 1.29 is 24.9 Å². The van der Waals surface area contributed by atoms with E-state index < -0.39 is 37.1 Å². The van der Waals surface area contributed by atoms with E-state index in [1.54, 1.807) is 6.92 Å². The molecule has 0 fully saturated rings. The van der Waals surface area contributed by atoms with Crippen molar-refractivity contribution in [3.8, 4) is 11.1 Å². The number of carbonyl (C=O) groups excluding carboxylic acids is 3. The molecule has 0 radical (unpaired) electrons. The standard InChI is InChI=1S/C19H20N2O3.C4H10N2O.CH3F/c1-2-17(18(20)22)21-19(23)24-11-16-14-9-5-3-7-12(14)13-8-4-6-10-15(13)16;1-2-3(5)4(6)7;1-2/h3-10,16-17H,2,11H2,1H3,(H2,20,22)(H,21,23);3H,2,5H2,1H3,(H2,6,7);1H3/t17-;3-;/m00./s1/i;;1D. The number of hydrogen-bond acceptors (Lipinski definition) is 5. The third-order valence-electron chi connectivity index (χ3n) is 5.19. The number of rotatable bonds is 7. The first kappa shape index (κ1) is 25.8. The van der Waals surface area contributed by atoms with Crippen LogP contribution in [0.4, 0.5) is 9.18 Å². The maximum atomic E-state index is 12.0. The Labute approximate surface area is 195 Å². The number of amides is 3. The van der Waals surface area contributed by atoms with Crippen molar-refractivity contribution in [2.45, 2.75) is 44.7 Å². The monoisotopic (exact) mass is 461 g/mol. The Kier molecular flexibility index (Phi) is 10.8. The van der Waals surface area contributed by atoms with Crippen molar-refractivity contribution in [3.63, 3.8) is 0 Å². The Morgan fingerprint density at radius 1 is 1.00 bits per heavy atom. The molecule has 33 heavy (non-hydrogen) atoms. The lowest BCUT2D eigenvalue weighted by Gasteiger charge is -2.17. The normalized spacial score (nSPS) is 13.4. The van der Waals surface area contributed by atoms with Gasteiger partial charge in [-0.2, -0.15) is 0 Å². The predicted octanol–water partition coefficient (Wildman–Crippen LogP) is 2.58. The van der Waals surface area contributed by atoms with Crippen molar-refractivity contribution in [1.29, 1.82) is 0 Å². The molecule has 2 aromatic rings. The van der Waals surface area contributed by atoms with Gasteiger partial charge in [0.05, 0.1) is 14.6 Å². The van der Waals surface area contributed by atoms with E-state index in [1.165, 1.54) is 11.1 Å². The van der Waals surface area contributed by atoms with Gasteiger partial charge in [0.25, 0.3) is 0 Å². The number of nitrogens with two attached hydrogens (primary N) is 3. The van der Waals surface area contributed by atoms with Crippen molar-refractivity contribution >= 4 is 17.9 Å². The molecule has 2 aromatic carbocycles. The molecule has 9 heteroatoms. The second-order valence-corrected chi connectivity index (χ2v) is 7.25. The SMILES string of the molecule is CC[C@H](N)C(N)=O.CC[C@H](NC(=O)OCC1c2ccccc2-c2ccccc21)C(N)=O.[2H]CF. The topological polar surface area (TPSA) is 151 Å². The zero-order valence-corrected chi connectivity index (χ0v) is 18.9. The van der Waals surface area contributed by atoms with Crippen LogP contribution in [0.3, 0.4) is 0 Å². The quantitative estimate of drug-likeness (QED) is 0.500. The maximum Gasteiger partial charge on any atom is 0.407 e. The highest BCUT2D eigenvalue weighted by atomic mass is 19.1. The van der Waals surface area contributed by atoms with Crippen LogP contribution in [0.25, 0.3) is 11.1 Å². The highest BCUT2D eigenvalue weighted by Gasteiger charge is 2.29. The summed E-state index contributed by atoms with van der Waals surface area (Å²) in [7, 11) is -1.00. The van der Waals surface area contributed by atoms with Gasteiger partial charge in [-0.3, -0.25) is 14.0 Å². The van der Waals surface area contributed by atoms with Gasteiger partial charge in [0.1, 0.15) is 12.6 Å². The summed E-state index contributed by atoms with van der Waals surface area (Å²) in [5.74, 6) is -0.995. The molecule has 3 rings (SSSR count). The smallest absolute Gasteiger partial charge is 0.407 e. The Bertz CT molecular complexity index is 915. The minimum Gasteiger partial charge on any atom is -0.449 e. The first-order chi connectivity index (χ1) is 16.2. The van der Waals surface area contributed by atoms with Crippen molar-refractivity contribution in [3.05, 3.63) is 59.7 Å². The molecular weight excluding hydrogens is 427 g/mol. The third-order valence-corrected chi connectivity index (χ3v) is 5.19. The van der Waals surface area contributed by atoms with Gasteiger partial charge >= 0.3 is 6.09 Å². The fourth-order valence-corrected chi connectivity index (χ4v) is 3.36. The minimum absolute atomic E-state index is 0.00296. The first-order valence-corrected chi connectivity index (χ1v) is 10.5. The number of alkyl carbamates (subject to hydrolysis) is 1. The molecule has 1 aliphatic carbocycles. The molecule has 0 aliphatic heterocycles. The van der Waals surface area contributed by atoms with Gasteiger partial charge < -0.3 is 27.3 Å². The van der Waals surface area contributed by atoms with Crippen LogP contribution < -0.4 is 22.5 Å². The molecule has 3 amide bonds. The van der Waals surface area contributed by atoms with Gasteiger partial charge in [-0.05, 0) is 35.1 Å². The molecule has 0 saturated carbocycles. The second kappa shape index (κ2) is 13.8. The summed E-state index contributed by atoms with van der Waals surface area (Å²) in [6.07, 6.45) is 0.428. The van der Waals surface area contributed by atoms with Crippen LogP contribution in [0.15, 0.2) is 48.5 Å². The summed E-state index contributed by atoms with van der Waals surface area (Å²) in [6.45, 7) is 3.81. The molecule has 0 aromatic heterocycles.